The lowest BCUT2D eigenvalue weighted by atomic mass is 10.1. The first-order valence-corrected chi connectivity index (χ1v) is 8.47. The summed E-state index contributed by atoms with van der Waals surface area (Å²) >= 11 is 0. The number of benzene rings is 2. The molecule has 0 spiro atoms. The van der Waals surface area contributed by atoms with Gasteiger partial charge < -0.3 is 14.8 Å². The molecule has 0 saturated carbocycles. The number of methoxy groups -OCH3 is 2. The molecule has 1 atom stereocenters. The number of anilines is 1. The second-order valence-corrected chi connectivity index (χ2v) is 6.34. The quantitative estimate of drug-likeness (QED) is 0.871. The Morgan fingerprint density at radius 1 is 1.08 bits per heavy atom. The molecule has 25 heavy (non-hydrogen) atoms. The number of nitrogens with zero attached hydrogens (tertiary/aromatic N) is 2. The summed E-state index contributed by atoms with van der Waals surface area (Å²) < 4.78 is 10.8. The van der Waals surface area contributed by atoms with Gasteiger partial charge in [0.2, 0.25) is 0 Å². The number of aliphatic imine (C=N–C) groups is 1. The number of hydrogen-bond acceptors (Lipinski definition) is 5. The molecular weight excluding hydrogens is 314 g/mol. The van der Waals surface area contributed by atoms with E-state index in [-0.39, 0.29) is 6.29 Å². The van der Waals surface area contributed by atoms with Crippen LogP contribution in [0.15, 0.2) is 47.5 Å². The van der Waals surface area contributed by atoms with Crippen LogP contribution in [0, 0.1) is 0 Å². The first kappa shape index (κ1) is 17.3. The molecule has 0 fully saturated rings. The molecule has 2 aromatic rings. The van der Waals surface area contributed by atoms with Gasteiger partial charge in [-0.2, -0.15) is 0 Å². The molecule has 0 saturated heterocycles. The Bertz CT molecular complexity index is 744. The molecular formula is C20H25N3O2. The van der Waals surface area contributed by atoms with Gasteiger partial charge in [0.1, 0.15) is 0 Å². The Labute approximate surface area is 149 Å². The molecule has 3 rings (SSSR count). The van der Waals surface area contributed by atoms with E-state index in [2.05, 4.69) is 48.3 Å². The topological polar surface area (TPSA) is 46.1 Å². The second kappa shape index (κ2) is 7.57. The minimum absolute atomic E-state index is 0.120. The first-order chi connectivity index (χ1) is 12.1. The van der Waals surface area contributed by atoms with Crippen molar-refractivity contribution in [2.24, 2.45) is 4.99 Å². The van der Waals surface area contributed by atoms with Gasteiger partial charge in [0.25, 0.3) is 0 Å². The fourth-order valence-electron chi connectivity index (χ4n) is 2.97. The van der Waals surface area contributed by atoms with Crippen molar-refractivity contribution in [3.63, 3.8) is 0 Å². The highest BCUT2D eigenvalue weighted by atomic mass is 16.5. The maximum atomic E-state index is 5.42. The van der Waals surface area contributed by atoms with Crippen molar-refractivity contribution < 1.29 is 9.47 Å². The Balaban J connectivity index is 1.85. The average molecular weight is 339 g/mol. The highest BCUT2D eigenvalue weighted by molar-refractivity contribution is 5.91. The first-order valence-electron chi connectivity index (χ1n) is 8.47. The number of rotatable bonds is 6. The SMILES string of the molecule is COc1cc2c(cc1OC)NC(N(Cc1ccccc1)C(C)C)N=C2. The van der Waals surface area contributed by atoms with Crippen molar-refractivity contribution in [2.45, 2.75) is 32.7 Å². The van der Waals surface area contributed by atoms with E-state index in [9.17, 15) is 0 Å². The standard InChI is InChI=1S/C20H25N3O2/c1-14(2)23(13-15-8-6-5-7-9-15)20-21-12-16-10-18(24-3)19(25-4)11-17(16)22-20/h5-12,14,20,22H,13H2,1-4H3. The van der Waals surface area contributed by atoms with Gasteiger partial charge in [0, 0.05) is 36.1 Å². The summed E-state index contributed by atoms with van der Waals surface area (Å²) in [6, 6.07) is 14.7. The molecule has 132 valence electrons. The minimum Gasteiger partial charge on any atom is -0.493 e. The molecule has 1 unspecified atom stereocenters. The van der Waals surface area contributed by atoms with Crippen LogP contribution in [0.1, 0.15) is 25.0 Å². The Morgan fingerprint density at radius 2 is 1.76 bits per heavy atom. The monoisotopic (exact) mass is 339 g/mol. The Kier molecular flexibility index (Phi) is 5.24. The maximum Gasteiger partial charge on any atom is 0.176 e. The summed E-state index contributed by atoms with van der Waals surface area (Å²) in [5.74, 6) is 1.42. The van der Waals surface area contributed by atoms with Crippen LogP contribution >= 0.6 is 0 Å². The predicted octanol–water partition coefficient (Wildman–Crippen LogP) is 3.74. The highest BCUT2D eigenvalue weighted by Crippen LogP contribution is 2.34. The van der Waals surface area contributed by atoms with Gasteiger partial charge in [-0.25, -0.2) is 0 Å². The minimum atomic E-state index is -0.120. The molecule has 0 radical (unpaired) electrons. The highest BCUT2D eigenvalue weighted by Gasteiger charge is 2.24. The van der Waals surface area contributed by atoms with Crippen molar-refractivity contribution in [2.75, 3.05) is 19.5 Å². The number of fused-ring (bicyclic) bond motifs is 1. The summed E-state index contributed by atoms with van der Waals surface area (Å²) in [7, 11) is 3.29. The number of hydrogen-bond donors (Lipinski definition) is 1. The molecule has 0 bridgehead atoms. The molecule has 0 aliphatic carbocycles. The molecule has 1 aliphatic heterocycles. The molecule has 1 heterocycles. The second-order valence-electron chi connectivity index (χ2n) is 6.34. The zero-order chi connectivity index (χ0) is 17.8. The van der Waals surface area contributed by atoms with Crippen LogP contribution in [-0.4, -0.2) is 37.7 Å². The third-order valence-electron chi connectivity index (χ3n) is 4.38. The van der Waals surface area contributed by atoms with Crippen molar-refractivity contribution in [3.05, 3.63) is 53.6 Å². The van der Waals surface area contributed by atoms with E-state index < -0.39 is 0 Å². The average Bonchev–Trinajstić information content (AvgIpc) is 2.65. The van der Waals surface area contributed by atoms with E-state index >= 15 is 0 Å². The lowest BCUT2D eigenvalue weighted by Gasteiger charge is -2.35. The molecule has 2 aromatic carbocycles. The lowest BCUT2D eigenvalue weighted by molar-refractivity contribution is 0.165. The third kappa shape index (κ3) is 3.77. The van der Waals surface area contributed by atoms with Crippen molar-refractivity contribution in [1.82, 2.24) is 4.90 Å². The maximum absolute atomic E-state index is 5.42. The summed E-state index contributed by atoms with van der Waals surface area (Å²) in [4.78, 5) is 7.04. The summed E-state index contributed by atoms with van der Waals surface area (Å²) in [5.41, 5.74) is 3.26. The van der Waals surface area contributed by atoms with E-state index in [1.54, 1.807) is 14.2 Å². The third-order valence-corrected chi connectivity index (χ3v) is 4.38. The van der Waals surface area contributed by atoms with Crippen molar-refractivity contribution in [1.29, 1.82) is 0 Å². The number of nitrogens with one attached hydrogen (secondary N) is 1. The van der Waals surface area contributed by atoms with E-state index in [0.717, 1.165) is 17.8 Å². The molecule has 1 N–H and O–H groups in total. The van der Waals surface area contributed by atoms with Gasteiger partial charge in [0.15, 0.2) is 17.8 Å². The van der Waals surface area contributed by atoms with Gasteiger partial charge in [-0.15, -0.1) is 0 Å². The van der Waals surface area contributed by atoms with Crippen LogP contribution in [0.2, 0.25) is 0 Å². The van der Waals surface area contributed by atoms with Crippen LogP contribution in [-0.2, 0) is 6.54 Å². The fourth-order valence-corrected chi connectivity index (χ4v) is 2.97. The normalized spacial score (nSPS) is 15.8. The summed E-state index contributed by atoms with van der Waals surface area (Å²) in [6.07, 6.45) is 1.78. The van der Waals surface area contributed by atoms with E-state index in [0.29, 0.717) is 17.5 Å². The van der Waals surface area contributed by atoms with Crippen molar-refractivity contribution in [3.8, 4) is 11.5 Å². The van der Waals surface area contributed by atoms with Gasteiger partial charge in [-0.05, 0) is 25.5 Å². The zero-order valence-electron chi connectivity index (χ0n) is 15.2. The molecule has 1 aliphatic rings. The molecule has 0 aromatic heterocycles. The Morgan fingerprint density at radius 3 is 2.40 bits per heavy atom. The van der Waals surface area contributed by atoms with Crippen LogP contribution in [0.25, 0.3) is 0 Å². The van der Waals surface area contributed by atoms with Crippen LogP contribution in [0.5, 0.6) is 11.5 Å². The van der Waals surface area contributed by atoms with E-state index in [1.807, 2.05) is 24.4 Å². The smallest absolute Gasteiger partial charge is 0.176 e. The Hall–Kier alpha value is -2.53. The van der Waals surface area contributed by atoms with Gasteiger partial charge in [-0.3, -0.25) is 9.89 Å². The fraction of sp³-hybridized carbons (Fsp3) is 0.350. The summed E-state index contributed by atoms with van der Waals surface area (Å²) in [6.45, 7) is 5.20. The van der Waals surface area contributed by atoms with E-state index in [4.69, 9.17) is 14.5 Å². The molecule has 0 amide bonds. The zero-order valence-corrected chi connectivity index (χ0v) is 15.2. The molecule has 5 nitrogen and oxygen atoms in total. The number of ether oxygens (including phenoxy) is 2. The summed E-state index contributed by atoms with van der Waals surface area (Å²) in [5, 5.41) is 3.52. The lowest BCUT2D eigenvalue weighted by Crippen LogP contribution is -2.44. The van der Waals surface area contributed by atoms with Crippen LogP contribution in [0.4, 0.5) is 5.69 Å². The van der Waals surface area contributed by atoms with Gasteiger partial charge in [-0.1, -0.05) is 30.3 Å². The predicted molar refractivity (Wildman–Crippen MR) is 102 cm³/mol. The van der Waals surface area contributed by atoms with Crippen LogP contribution in [0.3, 0.4) is 0 Å². The van der Waals surface area contributed by atoms with Crippen LogP contribution < -0.4 is 14.8 Å². The molecule has 5 heteroatoms. The van der Waals surface area contributed by atoms with Gasteiger partial charge in [0.05, 0.1) is 14.2 Å². The largest absolute Gasteiger partial charge is 0.493 e. The van der Waals surface area contributed by atoms with Crippen molar-refractivity contribution >= 4 is 11.9 Å². The van der Waals surface area contributed by atoms with E-state index in [1.165, 1.54) is 5.56 Å². The van der Waals surface area contributed by atoms with Gasteiger partial charge >= 0.3 is 0 Å².